The molecule has 0 spiro atoms. The van der Waals surface area contributed by atoms with E-state index in [1.165, 1.54) is 17.0 Å². The van der Waals surface area contributed by atoms with Crippen molar-refractivity contribution in [3.05, 3.63) is 22.3 Å². The van der Waals surface area contributed by atoms with Gasteiger partial charge in [0, 0.05) is 23.3 Å². The number of amides is 1. The van der Waals surface area contributed by atoms with E-state index in [0.717, 1.165) is 0 Å². The fourth-order valence-electron chi connectivity index (χ4n) is 1.89. The summed E-state index contributed by atoms with van der Waals surface area (Å²) in [5, 5.41) is 0. The molecule has 1 saturated heterocycles. The lowest BCUT2D eigenvalue weighted by Crippen LogP contribution is -2.26. The molecule has 104 valence electrons. The van der Waals surface area contributed by atoms with E-state index in [4.69, 9.17) is 11.6 Å². The first-order valence-corrected chi connectivity index (χ1v) is 6.75. The summed E-state index contributed by atoms with van der Waals surface area (Å²) in [5.74, 6) is 0.000865. The molecule has 0 aliphatic carbocycles. The quantitative estimate of drug-likeness (QED) is 0.760. The average Bonchev–Trinajstić information content (AvgIpc) is 2.70. The third kappa shape index (κ3) is 3.02. The van der Waals surface area contributed by atoms with Gasteiger partial charge in [0.15, 0.2) is 5.69 Å². The first-order valence-electron chi connectivity index (χ1n) is 5.43. The Bertz CT molecular complexity index is 509. The van der Waals surface area contributed by atoms with E-state index < -0.39 is 11.9 Å². The number of pyridine rings is 1. The maximum Gasteiger partial charge on any atom is 0.434 e. The SMILES string of the molecule is O=C1CC(CCl)CN1c1ccc(Br)c(C(F)(F)F)n1. The van der Waals surface area contributed by atoms with E-state index in [-0.39, 0.29) is 28.5 Å². The number of aromatic nitrogens is 1. The molecule has 0 saturated carbocycles. The summed E-state index contributed by atoms with van der Waals surface area (Å²) in [6.45, 7) is 0.300. The molecular formula is C11H9BrClF3N2O. The molecule has 19 heavy (non-hydrogen) atoms. The minimum absolute atomic E-state index is 0.00754. The summed E-state index contributed by atoms with van der Waals surface area (Å²) in [7, 11) is 0. The second-order valence-electron chi connectivity index (χ2n) is 4.23. The van der Waals surface area contributed by atoms with Gasteiger partial charge in [0.05, 0.1) is 0 Å². The predicted molar refractivity (Wildman–Crippen MR) is 68.1 cm³/mol. The van der Waals surface area contributed by atoms with E-state index in [1.807, 2.05) is 0 Å². The number of nitrogens with zero attached hydrogens (tertiary/aromatic N) is 2. The van der Waals surface area contributed by atoms with Crippen molar-refractivity contribution in [1.82, 2.24) is 4.98 Å². The largest absolute Gasteiger partial charge is 0.434 e. The molecule has 2 rings (SSSR count). The van der Waals surface area contributed by atoms with Crippen molar-refractivity contribution < 1.29 is 18.0 Å². The third-order valence-electron chi connectivity index (χ3n) is 2.80. The molecule has 1 fully saturated rings. The van der Waals surface area contributed by atoms with Crippen molar-refractivity contribution in [3.63, 3.8) is 0 Å². The minimum atomic E-state index is -4.57. The lowest BCUT2D eigenvalue weighted by molar-refractivity contribution is -0.141. The third-order valence-corrected chi connectivity index (χ3v) is 3.88. The molecule has 1 atom stereocenters. The molecule has 1 unspecified atom stereocenters. The lowest BCUT2D eigenvalue weighted by atomic mass is 10.1. The van der Waals surface area contributed by atoms with Gasteiger partial charge in [-0.15, -0.1) is 11.6 Å². The molecule has 0 aromatic carbocycles. The van der Waals surface area contributed by atoms with Crippen LogP contribution in [0.1, 0.15) is 12.1 Å². The maximum absolute atomic E-state index is 12.7. The topological polar surface area (TPSA) is 33.2 Å². The number of carbonyl (C=O) groups is 1. The van der Waals surface area contributed by atoms with Gasteiger partial charge in [0.25, 0.3) is 0 Å². The average molecular weight is 358 g/mol. The van der Waals surface area contributed by atoms with Crippen LogP contribution in [0.3, 0.4) is 0 Å². The van der Waals surface area contributed by atoms with Gasteiger partial charge in [0.1, 0.15) is 5.82 Å². The number of rotatable bonds is 2. The van der Waals surface area contributed by atoms with Gasteiger partial charge < -0.3 is 0 Å². The summed E-state index contributed by atoms with van der Waals surface area (Å²) in [5.41, 5.74) is -1.04. The van der Waals surface area contributed by atoms with Crippen molar-refractivity contribution >= 4 is 39.3 Å². The van der Waals surface area contributed by atoms with E-state index >= 15 is 0 Å². The van der Waals surface area contributed by atoms with E-state index in [9.17, 15) is 18.0 Å². The fraction of sp³-hybridized carbons (Fsp3) is 0.455. The number of halogens is 5. The van der Waals surface area contributed by atoms with Gasteiger partial charge in [-0.1, -0.05) is 0 Å². The molecule has 1 aliphatic heterocycles. The standard InChI is InChI=1S/C11H9BrClF3N2O/c12-7-1-2-8(17-10(7)11(14,15)16)18-5-6(4-13)3-9(18)19/h1-2,6H,3-5H2. The van der Waals surface area contributed by atoms with E-state index in [0.29, 0.717) is 12.4 Å². The van der Waals surface area contributed by atoms with Crippen LogP contribution in [-0.2, 0) is 11.0 Å². The highest BCUT2D eigenvalue weighted by atomic mass is 79.9. The number of carbonyl (C=O) groups excluding carboxylic acids is 1. The summed E-state index contributed by atoms with van der Waals surface area (Å²) < 4.78 is 38.1. The van der Waals surface area contributed by atoms with Crippen LogP contribution < -0.4 is 4.90 Å². The number of hydrogen-bond acceptors (Lipinski definition) is 2. The molecule has 1 aromatic rings. The van der Waals surface area contributed by atoms with Crippen LogP contribution in [0.15, 0.2) is 16.6 Å². The van der Waals surface area contributed by atoms with Crippen LogP contribution in [0.5, 0.6) is 0 Å². The Kier molecular flexibility index (Phi) is 4.06. The van der Waals surface area contributed by atoms with Crippen LogP contribution in [0, 0.1) is 5.92 Å². The Morgan fingerprint density at radius 3 is 2.68 bits per heavy atom. The van der Waals surface area contributed by atoms with Gasteiger partial charge in [0.2, 0.25) is 5.91 Å². The van der Waals surface area contributed by atoms with E-state index in [1.54, 1.807) is 0 Å². The first kappa shape index (κ1) is 14.6. The number of hydrogen-bond donors (Lipinski definition) is 0. The highest BCUT2D eigenvalue weighted by molar-refractivity contribution is 9.10. The van der Waals surface area contributed by atoms with Crippen molar-refractivity contribution in [2.75, 3.05) is 17.3 Å². The summed E-state index contributed by atoms with van der Waals surface area (Å²) >= 11 is 8.48. The monoisotopic (exact) mass is 356 g/mol. The second-order valence-corrected chi connectivity index (χ2v) is 5.39. The van der Waals surface area contributed by atoms with Crippen LogP contribution in [0.4, 0.5) is 19.0 Å². The highest BCUT2D eigenvalue weighted by Gasteiger charge is 2.37. The molecular weight excluding hydrogens is 348 g/mol. The van der Waals surface area contributed by atoms with Gasteiger partial charge in [-0.2, -0.15) is 13.2 Å². The molecule has 8 heteroatoms. The fourth-order valence-corrected chi connectivity index (χ4v) is 2.54. The molecule has 0 bridgehead atoms. The van der Waals surface area contributed by atoms with Crippen LogP contribution in [0.25, 0.3) is 0 Å². The van der Waals surface area contributed by atoms with Crippen LogP contribution in [0.2, 0.25) is 0 Å². The zero-order valence-corrected chi connectivity index (χ0v) is 11.9. The first-order chi connectivity index (χ1) is 8.82. The normalized spacial score (nSPS) is 20.2. The molecule has 1 aromatic heterocycles. The maximum atomic E-state index is 12.7. The van der Waals surface area contributed by atoms with Gasteiger partial charge in [-0.05, 0) is 34.0 Å². The molecule has 2 heterocycles. The minimum Gasteiger partial charge on any atom is -0.296 e. The van der Waals surface area contributed by atoms with Crippen LogP contribution in [-0.4, -0.2) is 23.3 Å². The van der Waals surface area contributed by atoms with Gasteiger partial charge >= 0.3 is 6.18 Å². The van der Waals surface area contributed by atoms with Crippen molar-refractivity contribution in [1.29, 1.82) is 0 Å². The molecule has 3 nitrogen and oxygen atoms in total. The molecule has 0 N–H and O–H groups in total. The summed E-state index contributed by atoms with van der Waals surface area (Å²) in [6, 6.07) is 2.63. The summed E-state index contributed by atoms with van der Waals surface area (Å²) in [6.07, 6.45) is -4.33. The van der Waals surface area contributed by atoms with Gasteiger partial charge in [-0.25, -0.2) is 4.98 Å². The van der Waals surface area contributed by atoms with Crippen molar-refractivity contribution in [3.8, 4) is 0 Å². The van der Waals surface area contributed by atoms with E-state index in [2.05, 4.69) is 20.9 Å². The lowest BCUT2D eigenvalue weighted by Gasteiger charge is -2.17. The molecule has 0 radical (unpaired) electrons. The highest BCUT2D eigenvalue weighted by Crippen LogP contribution is 2.35. The predicted octanol–water partition coefficient (Wildman–Crippen LogP) is 3.45. The zero-order chi connectivity index (χ0) is 14.2. The van der Waals surface area contributed by atoms with Crippen molar-refractivity contribution in [2.45, 2.75) is 12.6 Å². The smallest absolute Gasteiger partial charge is 0.296 e. The zero-order valence-electron chi connectivity index (χ0n) is 9.55. The second kappa shape index (κ2) is 5.28. The van der Waals surface area contributed by atoms with Crippen LogP contribution >= 0.6 is 27.5 Å². The molecule has 1 aliphatic rings. The van der Waals surface area contributed by atoms with Crippen molar-refractivity contribution in [2.24, 2.45) is 5.92 Å². The molecule has 1 amide bonds. The summed E-state index contributed by atoms with van der Waals surface area (Å²) in [4.78, 5) is 16.5. The Labute approximate surface area is 120 Å². The Morgan fingerprint density at radius 1 is 1.47 bits per heavy atom. The Balaban J connectivity index is 2.34. The number of anilines is 1. The number of alkyl halides is 4. The Morgan fingerprint density at radius 2 is 2.16 bits per heavy atom. The van der Waals surface area contributed by atoms with Gasteiger partial charge in [-0.3, -0.25) is 9.69 Å². The Hall–Kier alpha value is -0.820.